The Morgan fingerprint density at radius 1 is 1.20 bits per heavy atom. The van der Waals surface area contributed by atoms with Crippen LogP contribution >= 0.6 is 0 Å². The topological polar surface area (TPSA) is 70.5 Å². The molecule has 1 amide bonds. The van der Waals surface area contributed by atoms with E-state index in [4.69, 9.17) is 5.11 Å². The molecular formula is C20H22N2O3. The molecule has 1 aromatic carbocycles. The second-order valence-corrected chi connectivity index (χ2v) is 6.43. The van der Waals surface area contributed by atoms with E-state index in [0.29, 0.717) is 12.1 Å². The first-order valence-corrected chi connectivity index (χ1v) is 8.66. The Bertz CT molecular complexity index is 788. The third-order valence-corrected chi connectivity index (χ3v) is 4.72. The van der Waals surface area contributed by atoms with Crippen LogP contribution in [0.25, 0.3) is 0 Å². The molecule has 0 saturated heterocycles. The molecule has 0 saturated carbocycles. The van der Waals surface area contributed by atoms with Crippen molar-refractivity contribution in [2.24, 2.45) is 0 Å². The molecule has 1 N–H and O–H groups in total. The molecule has 1 atom stereocenters. The van der Waals surface area contributed by atoms with Crippen molar-refractivity contribution in [3.8, 4) is 0 Å². The third-order valence-electron chi connectivity index (χ3n) is 4.72. The van der Waals surface area contributed by atoms with Crippen LogP contribution in [-0.2, 0) is 12.8 Å². The zero-order valence-electron chi connectivity index (χ0n) is 14.3. The number of benzene rings is 1. The molecule has 1 aromatic heterocycles. The van der Waals surface area contributed by atoms with Gasteiger partial charge >= 0.3 is 5.97 Å². The van der Waals surface area contributed by atoms with Gasteiger partial charge in [-0.2, -0.15) is 0 Å². The van der Waals surface area contributed by atoms with Crippen molar-refractivity contribution in [2.75, 3.05) is 6.54 Å². The van der Waals surface area contributed by atoms with Crippen molar-refractivity contribution in [3.05, 3.63) is 65.0 Å². The summed E-state index contributed by atoms with van der Waals surface area (Å²) in [6, 6.07) is 9.92. The van der Waals surface area contributed by atoms with Crippen LogP contribution < -0.4 is 0 Å². The Labute approximate surface area is 147 Å². The van der Waals surface area contributed by atoms with E-state index in [-0.39, 0.29) is 17.5 Å². The summed E-state index contributed by atoms with van der Waals surface area (Å²) < 4.78 is 0. The number of pyridine rings is 1. The van der Waals surface area contributed by atoms with Crippen LogP contribution in [0.15, 0.2) is 42.7 Å². The number of hydrogen-bond donors (Lipinski definition) is 1. The number of carboxylic acids is 1. The third kappa shape index (κ3) is 3.71. The van der Waals surface area contributed by atoms with E-state index in [1.807, 2.05) is 17.9 Å². The molecule has 3 rings (SSSR count). The summed E-state index contributed by atoms with van der Waals surface area (Å²) in [5.74, 6) is -1.21. The summed E-state index contributed by atoms with van der Waals surface area (Å²) >= 11 is 0. The highest BCUT2D eigenvalue weighted by molar-refractivity contribution is 5.97. The molecule has 0 bridgehead atoms. The van der Waals surface area contributed by atoms with E-state index in [0.717, 1.165) is 25.7 Å². The smallest absolute Gasteiger partial charge is 0.337 e. The SMILES string of the molecule is CCCN(C(=O)c1cncc(C(=O)O)c1)C1CCc2ccccc2C1. The van der Waals surface area contributed by atoms with Crippen molar-refractivity contribution >= 4 is 11.9 Å². The van der Waals surface area contributed by atoms with Crippen LogP contribution in [0.2, 0.25) is 0 Å². The molecule has 1 heterocycles. The van der Waals surface area contributed by atoms with E-state index in [2.05, 4.69) is 23.2 Å². The van der Waals surface area contributed by atoms with Crippen molar-refractivity contribution in [3.63, 3.8) is 0 Å². The normalized spacial score (nSPS) is 16.1. The van der Waals surface area contributed by atoms with Crippen molar-refractivity contribution in [1.82, 2.24) is 9.88 Å². The number of aromatic carboxylic acids is 1. The van der Waals surface area contributed by atoms with Crippen LogP contribution in [-0.4, -0.2) is 39.5 Å². The number of carbonyl (C=O) groups excluding carboxylic acids is 1. The number of fused-ring (bicyclic) bond motifs is 1. The quantitative estimate of drug-likeness (QED) is 0.909. The molecule has 130 valence electrons. The predicted molar refractivity (Wildman–Crippen MR) is 94.8 cm³/mol. The average molecular weight is 338 g/mol. The Morgan fingerprint density at radius 2 is 1.92 bits per heavy atom. The number of amides is 1. The highest BCUT2D eigenvalue weighted by atomic mass is 16.4. The molecule has 1 aliphatic carbocycles. The van der Waals surface area contributed by atoms with Gasteiger partial charge in [0, 0.05) is 25.0 Å². The molecule has 0 aliphatic heterocycles. The van der Waals surface area contributed by atoms with E-state index in [1.54, 1.807) is 0 Å². The largest absolute Gasteiger partial charge is 0.478 e. The maximum atomic E-state index is 13.0. The Morgan fingerprint density at radius 3 is 2.64 bits per heavy atom. The minimum Gasteiger partial charge on any atom is -0.478 e. The zero-order chi connectivity index (χ0) is 17.8. The average Bonchev–Trinajstić information content (AvgIpc) is 2.65. The molecule has 0 spiro atoms. The zero-order valence-corrected chi connectivity index (χ0v) is 14.3. The van der Waals surface area contributed by atoms with Gasteiger partial charge in [0.05, 0.1) is 11.1 Å². The summed E-state index contributed by atoms with van der Waals surface area (Å²) in [7, 11) is 0. The van der Waals surface area contributed by atoms with Crippen LogP contribution in [0.3, 0.4) is 0 Å². The van der Waals surface area contributed by atoms with Crippen LogP contribution in [0.4, 0.5) is 0 Å². The minimum atomic E-state index is -1.07. The first-order chi connectivity index (χ1) is 12.1. The second kappa shape index (κ2) is 7.47. The number of hydrogen-bond acceptors (Lipinski definition) is 3. The maximum Gasteiger partial charge on any atom is 0.337 e. The number of aromatic nitrogens is 1. The summed E-state index contributed by atoms with van der Waals surface area (Å²) in [6.45, 7) is 2.70. The lowest BCUT2D eigenvalue weighted by Gasteiger charge is -2.35. The first kappa shape index (κ1) is 17.1. The van der Waals surface area contributed by atoms with Gasteiger partial charge in [0.15, 0.2) is 0 Å². The highest BCUT2D eigenvalue weighted by Crippen LogP contribution is 2.25. The highest BCUT2D eigenvalue weighted by Gasteiger charge is 2.28. The van der Waals surface area contributed by atoms with Crippen molar-refractivity contribution < 1.29 is 14.7 Å². The number of nitrogens with zero attached hydrogens (tertiary/aromatic N) is 2. The lowest BCUT2D eigenvalue weighted by molar-refractivity contribution is 0.0661. The van der Waals surface area contributed by atoms with Crippen molar-refractivity contribution in [2.45, 2.75) is 38.6 Å². The Hall–Kier alpha value is -2.69. The van der Waals surface area contributed by atoms with Gasteiger partial charge in [-0.25, -0.2) is 4.79 Å². The summed E-state index contributed by atoms with van der Waals surface area (Å²) in [5.41, 5.74) is 3.03. The first-order valence-electron chi connectivity index (χ1n) is 8.66. The van der Waals surface area contributed by atoms with Crippen LogP contribution in [0.5, 0.6) is 0 Å². The maximum absolute atomic E-state index is 13.0. The molecule has 2 aromatic rings. The van der Waals surface area contributed by atoms with Gasteiger partial charge in [-0.3, -0.25) is 9.78 Å². The second-order valence-electron chi connectivity index (χ2n) is 6.43. The van der Waals surface area contributed by atoms with E-state index < -0.39 is 5.97 Å². The van der Waals surface area contributed by atoms with E-state index in [1.165, 1.54) is 29.6 Å². The lowest BCUT2D eigenvalue weighted by Crippen LogP contribution is -2.44. The van der Waals surface area contributed by atoms with Crippen LogP contribution in [0.1, 0.15) is 51.6 Å². The Kier molecular flexibility index (Phi) is 5.12. The number of carbonyl (C=O) groups is 2. The fourth-order valence-electron chi connectivity index (χ4n) is 3.48. The minimum absolute atomic E-state index is 0.0382. The van der Waals surface area contributed by atoms with Gasteiger partial charge in [-0.1, -0.05) is 31.2 Å². The molecule has 1 unspecified atom stereocenters. The molecule has 5 nitrogen and oxygen atoms in total. The molecule has 0 fully saturated rings. The molecule has 25 heavy (non-hydrogen) atoms. The van der Waals surface area contributed by atoms with E-state index in [9.17, 15) is 9.59 Å². The van der Waals surface area contributed by atoms with Crippen LogP contribution in [0, 0.1) is 0 Å². The number of aryl methyl sites for hydroxylation is 1. The summed E-state index contributed by atoms with van der Waals surface area (Å²) in [4.78, 5) is 30.0. The summed E-state index contributed by atoms with van der Waals surface area (Å²) in [6.07, 6.45) is 6.30. The fraction of sp³-hybridized carbons (Fsp3) is 0.350. The molecule has 5 heteroatoms. The monoisotopic (exact) mass is 338 g/mol. The summed E-state index contributed by atoms with van der Waals surface area (Å²) in [5, 5.41) is 9.13. The van der Waals surface area contributed by atoms with Gasteiger partial charge in [-0.15, -0.1) is 0 Å². The standard InChI is InChI=1S/C20H22N2O3/c1-2-9-22(18-8-7-14-5-3-4-6-15(14)11-18)19(23)16-10-17(20(24)25)13-21-12-16/h3-6,10,12-13,18H,2,7-9,11H2,1H3,(H,24,25). The molecule has 1 aliphatic rings. The lowest BCUT2D eigenvalue weighted by atomic mass is 9.87. The van der Waals surface area contributed by atoms with E-state index >= 15 is 0 Å². The number of carboxylic acid groups (broad SMARTS) is 1. The number of rotatable bonds is 5. The van der Waals surface area contributed by atoms with Gasteiger partial charge < -0.3 is 10.0 Å². The molecule has 0 radical (unpaired) electrons. The Balaban J connectivity index is 1.85. The van der Waals surface area contributed by atoms with Gasteiger partial charge in [0.2, 0.25) is 0 Å². The predicted octanol–water partition coefficient (Wildman–Crippen LogP) is 3.19. The molecular weight excluding hydrogens is 316 g/mol. The van der Waals surface area contributed by atoms with Gasteiger partial charge in [-0.05, 0) is 42.9 Å². The fourth-order valence-corrected chi connectivity index (χ4v) is 3.48. The van der Waals surface area contributed by atoms with Gasteiger partial charge in [0.25, 0.3) is 5.91 Å². The van der Waals surface area contributed by atoms with Crippen molar-refractivity contribution in [1.29, 1.82) is 0 Å². The van der Waals surface area contributed by atoms with Gasteiger partial charge in [0.1, 0.15) is 0 Å².